The van der Waals surface area contributed by atoms with Crippen LogP contribution in [0, 0.1) is 0 Å². The number of carbonyl (C=O) groups is 2. The minimum atomic E-state index is -0.137. The summed E-state index contributed by atoms with van der Waals surface area (Å²) >= 11 is 0. The van der Waals surface area contributed by atoms with E-state index in [0.717, 1.165) is 32.7 Å². The summed E-state index contributed by atoms with van der Waals surface area (Å²) in [4.78, 5) is 28.6. The number of rotatable bonds is 7. The Morgan fingerprint density at radius 3 is 2.07 bits per heavy atom. The maximum atomic E-state index is 12.4. The second-order valence-corrected chi connectivity index (χ2v) is 8.15. The predicted octanol–water partition coefficient (Wildman–Crippen LogP) is 2.93. The van der Waals surface area contributed by atoms with E-state index in [1.54, 1.807) is 31.3 Å². The molecule has 0 atom stereocenters. The molecule has 0 spiro atoms. The molecule has 0 aromatic heterocycles. The fourth-order valence-corrected chi connectivity index (χ4v) is 3.62. The predicted molar refractivity (Wildman–Crippen MR) is 121 cm³/mol. The van der Waals surface area contributed by atoms with Gasteiger partial charge >= 0.3 is 0 Å². The minimum Gasteiger partial charge on any atom is -0.355 e. The molecule has 6 heteroatoms. The van der Waals surface area contributed by atoms with Gasteiger partial charge in [-0.3, -0.25) is 19.4 Å². The van der Waals surface area contributed by atoms with Crippen LogP contribution in [0.5, 0.6) is 0 Å². The van der Waals surface area contributed by atoms with Gasteiger partial charge in [0.1, 0.15) is 0 Å². The first-order valence-electron chi connectivity index (χ1n) is 10.6. The second kappa shape index (κ2) is 10.4. The Balaban J connectivity index is 1.41. The summed E-state index contributed by atoms with van der Waals surface area (Å²) in [5.74, 6) is 0.393. The van der Waals surface area contributed by atoms with Gasteiger partial charge in [0, 0.05) is 51.0 Å². The van der Waals surface area contributed by atoms with Gasteiger partial charge in [0.05, 0.1) is 6.54 Å². The van der Waals surface area contributed by atoms with E-state index in [0.29, 0.717) is 23.7 Å². The molecule has 160 valence electrons. The van der Waals surface area contributed by atoms with Crippen molar-refractivity contribution in [2.75, 3.05) is 45.1 Å². The van der Waals surface area contributed by atoms with E-state index in [4.69, 9.17) is 0 Å². The Bertz CT molecular complexity index is 839. The molecule has 1 fully saturated rings. The summed E-state index contributed by atoms with van der Waals surface area (Å²) in [6, 6.07) is 15.8. The van der Waals surface area contributed by atoms with Crippen molar-refractivity contribution >= 4 is 17.5 Å². The largest absolute Gasteiger partial charge is 0.355 e. The van der Waals surface area contributed by atoms with Crippen molar-refractivity contribution in [3.8, 4) is 0 Å². The van der Waals surface area contributed by atoms with E-state index in [1.165, 1.54) is 11.1 Å². The van der Waals surface area contributed by atoms with Gasteiger partial charge in [-0.05, 0) is 41.3 Å². The van der Waals surface area contributed by atoms with Crippen LogP contribution in [0.25, 0.3) is 0 Å². The third kappa shape index (κ3) is 6.15. The van der Waals surface area contributed by atoms with E-state index in [-0.39, 0.29) is 11.8 Å². The Morgan fingerprint density at radius 1 is 0.900 bits per heavy atom. The topological polar surface area (TPSA) is 64.7 Å². The number of nitrogens with one attached hydrogen (secondary N) is 2. The number of amides is 2. The van der Waals surface area contributed by atoms with Crippen molar-refractivity contribution in [2.24, 2.45) is 0 Å². The number of carbonyl (C=O) groups excluding carboxylic acids is 2. The summed E-state index contributed by atoms with van der Waals surface area (Å²) in [5.41, 5.74) is 3.99. The van der Waals surface area contributed by atoms with Crippen LogP contribution >= 0.6 is 0 Å². The van der Waals surface area contributed by atoms with Crippen molar-refractivity contribution < 1.29 is 9.59 Å². The normalized spacial score (nSPS) is 15.2. The highest BCUT2D eigenvalue weighted by Crippen LogP contribution is 2.16. The monoisotopic (exact) mass is 408 g/mol. The standard InChI is InChI=1S/C24H32N4O2/c1-18(2)20-6-4-19(5-7-20)16-27-12-14-28(15-13-27)17-23(29)26-22-10-8-21(9-11-22)24(30)25-3/h4-11,18H,12-17H2,1-3H3,(H,25,30)(H,26,29). The van der Waals surface area contributed by atoms with Crippen molar-refractivity contribution in [1.29, 1.82) is 0 Å². The van der Waals surface area contributed by atoms with Gasteiger partial charge in [-0.1, -0.05) is 38.1 Å². The van der Waals surface area contributed by atoms with Gasteiger partial charge in [-0.25, -0.2) is 0 Å². The number of hydrogen-bond acceptors (Lipinski definition) is 4. The van der Waals surface area contributed by atoms with Gasteiger partial charge < -0.3 is 10.6 Å². The zero-order valence-electron chi connectivity index (χ0n) is 18.1. The highest BCUT2D eigenvalue weighted by atomic mass is 16.2. The van der Waals surface area contributed by atoms with E-state index < -0.39 is 0 Å². The van der Waals surface area contributed by atoms with Gasteiger partial charge in [0.15, 0.2) is 0 Å². The molecule has 2 aromatic carbocycles. The first-order valence-corrected chi connectivity index (χ1v) is 10.6. The molecule has 2 aromatic rings. The van der Waals surface area contributed by atoms with Crippen molar-refractivity contribution in [1.82, 2.24) is 15.1 Å². The molecule has 6 nitrogen and oxygen atoms in total. The van der Waals surface area contributed by atoms with Crippen molar-refractivity contribution in [2.45, 2.75) is 26.3 Å². The molecular weight excluding hydrogens is 376 g/mol. The molecule has 1 saturated heterocycles. The lowest BCUT2D eigenvalue weighted by Crippen LogP contribution is -2.48. The molecule has 1 aliphatic rings. The molecule has 0 bridgehead atoms. The van der Waals surface area contributed by atoms with E-state index >= 15 is 0 Å². The Morgan fingerprint density at radius 2 is 1.50 bits per heavy atom. The maximum Gasteiger partial charge on any atom is 0.251 e. The number of nitrogens with zero attached hydrogens (tertiary/aromatic N) is 2. The molecule has 1 heterocycles. The zero-order valence-corrected chi connectivity index (χ0v) is 18.1. The number of anilines is 1. The van der Waals surface area contributed by atoms with Crippen LogP contribution < -0.4 is 10.6 Å². The first-order chi connectivity index (χ1) is 14.4. The third-order valence-electron chi connectivity index (χ3n) is 5.54. The molecule has 0 saturated carbocycles. The lowest BCUT2D eigenvalue weighted by Gasteiger charge is -2.34. The molecule has 2 N–H and O–H groups in total. The lowest BCUT2D eigenvalue weighted by molar-refractivity contribution is -0.117. The number of benzene rings is 2. The van der Waals surface area contributed by atoms with Crippen molar-refractivity contribution in [3.63, 3.8) is 0 Å². The highest BCUT2D eigenvalue weighted by Gasteiger charge is 2.19. The molecule has 0 radical (unpaired) electrons. The van der Waals surface area contributed by atoms with Crippen LogP contribution in [-0.2, 0) is 11.3 Å². The smallest absolute Gasteiger partial charge is 0.251 e. The summed E-state index contributed by atoms with van der Waals surface area (Å²) in [6.07, 6.45) is 0. The van der Waals surface area contributed by atoms with Crippen LogP contribution in [0.3, 0.4) is 0 Å². The number of hydrogen-bond donors (Lipinski definition) is 2. The third-order valence-corrected chi connectivity index (χ3v) is 5.54. The zero-order chi connectivity index (χ0) is 21.5. The average Bonchev–Trinajstić information content (AvgIpc) is 2.75. The first kappa shape index (κ1) is 22.0. The molecule has 0 unspecified atom stereocenters. The van der Waals surface area contributed by atoms with Crippen LogP contribution in [0.4, 0.5) is 5.69 Å². The fraction of sp³-hybridized carbons (Fsp3) is 0.417. The van der Waals surface area contributed by atoms with Gasteiger partial charge in [0.25, 0.3) is 5.91 Å². The van der Waals surface area contributed by atoms with Gasteiger partial charge in [0.2, 0.25) is 5.91 Å². The molecule has 3 rings (SSSR count). The molecule has 1 aliphatic heterocycles. The Kier molecular flexibility index (Phi) is 7.60. The Hall–Kier alpha value is -2.70. The van der Waals surface area contributed by atoms with Crippen molar-refractivity contribution in [3.05, 3.63) is 65.2 Å². The number of piperazine rings is 1. The van der Waals surface area contributed by atoms with E-state index in [2.05, 4.69) is 58.5 Å². The van der Waals surface area contributed by atoms with Crippen LogP contribution in [0.15, 0.2) is 48.5 Å². The van der Waals surface area contributed by atoms with Crippen LogP contribution in [0.1, 0.15) is 41.3 Å². The van der Waals surface area contributed by atoms with Gasteiger partial charge in [-0.2, -0.15) is 0 Å². The van der Waals surface area contributed by atoms with Crippen LogP contribution in [-0.4, -0.2) is 61.4 Å². The van der Waals surface area contributed by atoms with Crippen LogP contribution in [0.2, 0.25) is 0 Å². The van der Waals surface area contributed by atoms with E-state index in [1.807, 2.05) is 0 Å². The highest BCUT2D eigenvalue weighted by molar-refractivity contribution is 5.96. The molecular formula is C24H32N4O2. The minimum absolute atomic E-state index is 0.0274. The second-order valence-electron chi connectivity index (χ2n) is 8.15. The summed E-state index contributed by atoms with van der Waals surface area (Å²) in [7, 11) is 1.60. The molecule has 0 aliphatic carbocycles. The van der Waals surface area contributed by atoms with E-state index in [9.17, 15) is 9.59 Å². The lowest BCUT2D eigenvalue weighted by atomic mass is 10.0. The van der Waals surface area contributed by atoms with Gasteiger partial charge in [-0.15, -0.1) is 0 Å². The molecule has 2 amide bonds. The SMILES string of the molecule is CNC(=O)c1ccc(NC(=O)CN2CCN(Cc3ccc(C(C)C)cc3)CC2)cc1. The average molecular weight is 409 g/mol. The summed E-state index contributed by atoms with van der Waals surface area (Å²) in [6.45, 7) is 9.44. The quantitative estimate of drug-likeness (QED) is 0.739. The summed E-state index contributed by atoms with van der Waals surface area (Å²) < 4.78 is 0. The molecule has 30 heavy (non-hydrogen) atoms. The maximum absolute atomic E-state index is 12.4. The summed E-state index contributed by atoms with van der Waals surface area (Å²) in [5, 5.41) is 5.50. The Labute approximate surface area is 179 Å². The fourth-order valence-electron chi connectivity index (χ4n) is 3.62.